The van der Waals surface area contributed by atoms with E-state index in [-0.39, 0.29) is 27.7 Å². The number of amides is 1. The van der Waals surface area contributed by atoms with Crippen LogP contribution in [0.15, 0.2) is 33.9 Å². The number of carbonyl (C=O) groups is 1. The minimum atomic E-state index is -0.244. The zero-order valence-electron chi connectivity index (χ0n) is 22.2. The lowest BCUT2D eigenvalue weighted by Crippen LogP contribution is -2.44. The first kappa shape index (κ1) is 26.9. The Morgan fingerprint density at radius 1 is 1.06 bits per heavy atom. The van der Waals surface area contributed by atoms with Gasteiger partial charge in [-0.05, 0) is 62.6 Å². The highest BCUT2D eigenvalue weighted by atomic mass is 32.2. The van der Waals surface area contributed by atoms with E-state index in [9.17, 15) is 4.79 Å². The van der Waals surface area contributed by atoms with E-state index in [0.29, 0.717) is 37.5 Å². The number of thioether (sulfide) groups is 1. The molecule has 198 valence electrons. The van der Waals surface area contributed by atoms with Gasteiger partial charge in [-0.1, -0.05) is 39.5 Å². The summed E-state index contributed by atoms with van der Waals surface area (Å²) in [7, 11) is 0. The molecule has 1 aromatic heterocycles. The first-order chi connectivity index (χ1) is 16.9. The molecular formula is C27H40N4O4S. The molecule has 4 rings (SSSR count). The number of benzene rings is 1. The molecule has 9 heteroatoms. The highest BCUT2D eigenvalue weighted by molar-refractivity contribution is 7.98. The summed E-state index contributed by atoms with van der Waals surface area (Å²) in [5.41, 5.74) is 6.55. The number of nitrogens with two attached hydrogens (primary N) is 1. The third kappa shape index (κ3) is 6.42. The van der Waals surface area contributed by atoms with E-state index in [2.05, 4.69) is 43.2 Å². The van der Waals surface area contributed by atoms with E-state index in [0.717, 1.165) is 43.4 Å². The molecule has 0 aliphatic heterocycles. The molecule has 2 bridgehead atoms. The molecule has 2 fully saturated rings. The normalized spacial score (nSPS) is 23.7. The predicted molar refractivity (Wildman–Crippen MR) is 141 cm³/mol. The number of nitrogens with zero attached hydrogens (tertiary/aromatic N) is 2. The molecule has 1 heterocycles. The maximum absolute atomic E-state index is 12.9. The first-order valence-electron chi connectivity index (χ1n) is 12.7. The van der Waals surface area contributed by atoms with Gasteiger partial charge in [-0.2, -0.15) is 0 Å². The summed E-state index contributed by atoms with van der Waals surface area (Å²) in [6.07, 6.45) is 6.49. The van der Waals surface area contributed by atoms with Crippen LogP contribution >= 0.6 is 11.8 Å². The van der Waals surface area contributed by atoms with Crippen molar-refractivity contribution in [3.05, 3.63) is 24.3 Å². The molecule has 1 aromatic carbocycles. The molecular weight excluding hydrogens is 476 g/mol. The van der Waals surface area contributed by atoms with Crippen molar-refractivity contribution in [3.8, 4) is 17.2 Å². The number of hydrogen-bond acceptors (Lipinski definition) is 8. The minimum Gasteiger partial charge on any atom is -0.493 e. The van der Waals surface area contributed by atoms with Crippen LogP contribution in [-0.2, 0) is 9.53 Å². The summed E-state index contributed by atoms with van der Waals surface area (Å²) >= 11 is 1.42. The van der Waals surface area contributed by atoms with E-state index in [4.69, 9.17) is 19.6 Å². The number of ether oxygens (including phenoxy) is 2. The second kappa shape index (κ2) is 10.3. The van der Waals surface area contributed by atoms with Crippen LogP contribution in [0.2, 0.25) is 0 Å². The van der Waals surface area contributed by atoms with Gasteiger partial charge in [-0.25, -0.2) is 0 Å². The lowest BCUT2D eigenvalue weighted by atomic mass is 9.82. The van der Waals surface area contributed by atoms with Gasteiger partial charge in [0.15, 0.2) is 0 Å². The topological polar surface area (TPSA) is 112 Å². The quantitative estimate of drug-likeness (QED) is 0.391. The summed E-state index contributed by atoms with van der Waals surface area (Å²) in [6, 6.07) is 7.64. The monoisotopic (exact) mass is 516 g/mol. The van der Waals surface area contributed by atoms with Crippen LogP contribution in [-0.4, -0.2) is 54.3 Å². The maximum Gasteiger partial charge on any atom is 0.276 e. The predicted octanol–water partition coefficient (Wildman–Crippen LogP) is 4.68. The van der Waals surface area contributed by atoms with Gasteiger partial charge < -0.3 is 24.9 Å². The lowest BCUT2D eigenvalue weighted by molar-refractivity contribution is -0.131. The number of rotatable bonds is 12. The lowest BCUT2D eigenvalue weighted by Gasteiger charge is -2.31. The zero-order chi connectivity index (χ0) is 26.0. The Bertz CT molecular complexity index is 1040. The SMILES string of the molecule is CSc1nnc(-c2ccc(OCC(C)(C)COCC(C)(C)CNC(=O)C34CCC(N)(CC3)C4)cc2)o1. The molecule has 2 saturated carbocycles. The third-order valence-electron chi connectivity index (χ3n) is 7.40. The van der Waals surface area contributed by atoms with Crippen molar-refractivity contribution in [1.82, 2.24) is 15.5 Å². The molecule has 0 atom stereocenters. The molecule has 0 radical (unpaired) electrons. The van der Waals surface area contributed by atoms with Gasteiger partial charge in [0.1, 0.15) is 5.75 Å². The van der Waals surface area contributed by atoms with E-state index < -0.39 is 0 Å². The van der Waals surface area contributed by atoms with Crippen LogP contribution in [0.1, 0.15) is 59.8 Å². The first-order valence-corrected chi connectivity index (χ1v) is 13.9. The largest absolute Gasteiger partial charge is 0.493 e. The molecule has 3 N–H and O–H groups in total. The minimum absolute atomic E-state index is 0.113. The van der Waals surface area contributed by atoms with Crippen molar-refractivity contribution in [2.24, 2.45) is 22.0 Å². The standard InChI is InChI=1S/C27H40N4O4S/c1-24(2,15-29-22(32)26-10-12-27(28,14-26)13-11-26)16-33-17-25(3,4)18-34-20-8-6-19(7-9-20)21-30-31-23(35-21)36-5/h6-9H,10-18,28H2,1-5H3,(H,29,32). The molecule has 36 heavy (non-hydrogen) atoms. The van der Waals surface area contributed by atoms with Crippen LogP contribution in [0.5, 0.6) is 5.75 Å². The van der Waals surface area contributed by atoms with Crippen LogP contribution in [0.3, 0.4) is 0 Å². The second-order valence-corrected chi connectivity index (χ2v) is 13.0. The summed E-state index contributed by atoms with van der Waals surface area (Å²) in [5, 5.41) is 11.8. The Morgan fingerprint density at radius 3 is 2.31 bits per heavy atom. The highest BCUT2D eigenvalue weighted by Gasteiger charge is 2.56. The van der Waals surface area contributed by atoms with Gasteiger partial charge in [0, 0.05) is 28.5 Å². The molecule has 2 aromatic rings. The fourth-order valence-electron chi connectivity index (χ4n) is 5.15. The average molecular weight is 517 g/mol. The van der Waals surface area contributed by atoms with E-state index in [1.165, 1.54) is 11.8 Å². The van der Waals surface area contributed by atoms with Gasteiger partial charge in [0.2, 0.25) is 11.8 Å². The number of fused-ring (bicyclic) bond motifs is 2. The smallest absolute Gasteiger partial charge is 0.276 e. The zero-order valence-corrected chi connectivity index (χ0v) is 23.0. The van der Waals surface area contributed by atoms with Gasteiger partial charge in [0.25, 0.3) is 5.22 Å². The van der Waals surface area contributed by atoms with E-state index in [1.54, 1.807) is 0 Å². The fourth-order valence-corrected chi connectivity index (χ4v) is 5.43. The molecule has 1 amide bonds. The summed E-state index contributed by atoms with van der Waals surface area (Å²) in [4.78, 5) is 12.9. The highest BCUT2D eigenvalue weighted by Crippen LogP contribution is 2.55. The molecule has 0 spiro atoms. The Kier molecular flexibility index (Phi) is 7.74. The summed E-state index contributed by atoms with van der Waals surface area (Å²) in [6.45, 7) is 10.7. The Balaban J connectivity index is 1.18. The van der Waals surface area contributed by atoms with Crippen LogP contribution in [0, 0.1) is 16.2 Å². The molecule has 8 nitrogen and oxygen atoms in total. The molecule has 2 aliphatic carbocycles. The fraction of sp³-hybridized carbons (Fsp3) is 0.667. The van der Waals surface area contributed by atoms with Crippen molar-refractivity contribution in [1.29, 1.82) is 0 Å². The van der Waals surface area contributed by atoms with Gasteiger partial charge in [-0.3, -0.25) is 4.79 Å². The number of nitrogens with one attached hydrogen (secondary N) is 1. The van der Waals surface area contributed by atoms with Gasteiger partial charge in [0.05, 0.1) is 25.2 Å². The van der Waals surface area contributed by atoms with Gasteiger partial charge in [-0.15, -0.1) is 10.2 Å². The number of hydrogen-bond donors (Lipinski definition) is 2. The van der Waals surface area contributed by atoms with Crippen molar-refractivity contribution < 1.29 is 18.7 Å². The van der Waals surface area contributed by atoms with E-state index in [1.807, 2.05) is 30.5 Å². The summed E-state index contributed by atoms with van der Waals surface area (Å²) < 4.78 is 17.7. The Morgan fingerprint density at radius 2 is 1.72 bits per heavy atom. The molecule has 0 saturated heterocycles. The van der Waals surface area contributed by atoms with Crippen LogP contribution in [0.25, 0.3) is 11.5 Å². The average Bonchev–Trinajstić information content (AvgIpc) is 3.55. The summed E-state index contributed by atoms with van der Waals surface area (Å²) in [5.74, 6) is 1.44. The van der Waals surface area contributed by atoms with Crippen molar-refractivity contribution in [2.45, 2.75) is 70.6 Å². The Hall–Kier alpha value is -2.10. The van der Waals surface area contributed by atoms with Crippen LogP contribution < -0.4 is 15.8 Å². The Labute approximate surface area is 218 Å². The van der Waals surface area contributed by atoms with E-state index >= 15 is 0 Å². The molecule has 0 unspecified atom stereocenters. The third-order valence-corrected chi connectivity index (χ3v) is 7.91. The van der Waals surface area contributed by atoms with Crippen molar-refractivity contribution >= 4 is 17.7 Å². The molecule has 2 aliphatic rings. The maximum atomic E-state index is 12.9. The van der Waals surface area contributed by atoms with Crippen molar-refractivity contribution in [3.63, 3.8) is 0 Å². The van der Waals surface area contributed by atoms with Crippen molar-refractivity contribution in [2.75, 3.05) is 32.6 Å². The second-order valence-electron chi connectivity index (χ2n) is 12.2. The number of aromatic nitrogens is 2. The van der Waals surface area contributed by atoms with Crippen LogP contribution in [0.4, 0.5) is 0 Å². The van der Waals surface area contributed by atoms with Gasteiger partial charge >= 0.3 is 0 Å². The number of carbonyl (C=O) groups excluding carboxylic acids is 1.